The molecule has 3 aliphatic rings. The number of halogens is 1. The molecule has 2 unspecified atom stereocenters. The summed E-state index contributed by atoms with van der Waals surface area (Å²) in [5.74, 6) is 1.36. The van der Waals surface area contributed by atoms with Gasteiger partial charge < -0.3 is 14.2 Å². The van der Waals surface area contributed by atoms with Crippen LogP contribution in [0.5, 0.6) is 0 Å². The lowest BCUT2D eigenvalue weighted by Crippen LogP contribution is -2.44. The van der Waals surface area contributed by atoms with E-state index >= 15 is 0 Å². The topological polar surface area (TPSA) is 130 Å². The Kier molecular flexibility index (Phi) is 9.97. The first-order valence-corrected chi connectivity index (χ1v) is 13.5. The van der Waals surface area contributed by atoms with Crippen molar-refractivity contribution in [2.75, 3.05) is 40.1 Å². The summed E-state index contributed by atoms with van der Waals surface area (Å²) in [5.41, 5.74) is 6.38. The fourth-order valence-electron chi connectivity index (χ4n) is 5.03. The fourth-order valence-corrected chi connectivity index (χ4v) is 5.26. The van der Waals surface area contributed by atoms with Crippen LogP contribution in [0.2, 0.25) is 5.02 Å². The van der Waals surface area contributed by atoms with Crippen LogP contribution in [0.15, 0.2) is 27.2 Å². The molecule has 11 heteroatoms. The van der Waals surface area contributed by atoms with Gasteiger partial charge in [-0.1, -0.05) is 11.6 Å². The van der Waals surface area contributed by atoms with Crippen LogP contribution in [0.1, 0.15) is 50.1 Å². The van der Waals surface area contributed by atoms with Gasteiger partial charge in [0.1, 0.15) is 19.9 Å². The Labute approximate surface area is 229 Å². The predicted octanol–water partition coefficient (Wildman–Crippen LogP) is 3.50. The predicted molar refractivity (Wildman–Crippen MR) is 148 cm³/mol. The number of nitriles is 1. The maximum absolute atomic E-state index is 9.68. The average molecular weight is 543 g/mol. The lowest BCUT2D eigenvalue weighted by atomic mass is 9.83. The van der Waals surface area contributed by atoms with E-state index in [1.54, 1.807) is 19.5 Å². The summed E-state index contributed by atoms with van der Waals surface area (Å²) in [6.07, 6.45) is 10.3. The summed E-state index contributed by atoms with van der Waals surface area (Å²) < 4.78 is 18.5. The Morgan fingerprint density at radius 3 is 2.84 bits per heavy atom. The van der Waals surface area contributed by atoms with Crippen molar-refractivity contribution in [2.24, 2.45) is 32.0 Å². The Morgan fingerprint density at radius 2 is 2.13 bits per heavy atom. The number of methoxy groups -OCH3 is 1. The van der Waals surface area contributed by atoms with Gasteiger partial charge in [-0.25, -0.2) is 19.5 Å². The number of rotatable bonds is 9. The highest BCUT2D eigenvalue weighted by Crippen LogP contribution is 2.32. The monoisotopic (exact) mass is 542 g/mol. The zero-order chi connectivity index (χ0) is 27.0. The highest BCUT2D eigenvalue weighted by Gasteiger charge is 2.34. The number of hydrogen-bond donors (Lipinski definition) is 1. The first kappa shape index (κ1) is 28.3. The molecule has 1 aliphatic carbocycles. The van der Waals surface area contributed by atoms with Crippen LogP contribution >= 0.6 is 11.6 Å². The number of ether oxygens (including phenoxy) is 3. The number of hydrogen-bond acceptors (Lipinski definition) is 9. The van der Waals surface area contributed by atoms with E-state index in [0.29, 0.717) is 67.9 Å². The lowest BCUT2D eigenvalue weighted by molar-refractivity contribution is -0.599. The molecule has 2 atom stereocenters. The molecule has 3 heterocycles. The van der Waals surface area contributed by atoms with Crippen LogP contribution in [0.25, 0.3) is 0 Å². The Morgan fingerprint density at radius 1 is 1.37 bits per heavy atom. The van der Waals surface area contributed by atoms with E-state index in [-0.39, 0.29) is 18.8 Å². The zero-order valence-electron chi connectivity index (χ0n) is 22.0. The highest BCUT2D eigenvalue weighted by molar-refractivity contribution is 6.31. The van der Waals surface area contributed by atoms with Crippen molar-refractivity contribution in [3.05, 3.63) is 22.8 Å². The summed E-state index contributed by atoms with van der Waals surface area (Å²) in [6.45, 7) is 6.44. The molecule has 1 saturated carbocycles. The van der Waals surface area contributed by atoms with Crippen molar-refractivity contribution < 1.29 is 18.8 Å². The molecule has 2 aliphatic heterocycles. The SMILES string of the molecule is C=[N+](C(N)COC)C1CCC(C=Nc2cc(C3CN=CC(OCC4(C#N)CCOCC4)=N3)c(Cl)cn2)CC1. The molecule has 4 rings (SSSR count). The summed E-state index contributed by atoms with van der Waals surface area (Å²) in [6, 6.07) is 4.32. The van der Waals surface area contributed by atoms with E-state index in [2.05, 4.69) is 27.8 Å². The van der Waals surface area contributed by atoms with Crippen LogP contribution in [0.3, 0.4) is 0 Å². The van der Waals surface area contributed by atoms with E-state index in [0.717, 1.165) is 31.2 Å². The summed E-state index contributed by atoms with van der Waals surface area (Å²) in [7, 11) is 1.65. The van der Waals surface area contributed by atoms with E-state index in [1.165, 1.54) is 0 Å². The molecule has 0 bridgehead atoms. The minimum absolute atomic E-state index is 0.195. The first-order chi connectivity index (χ1) is 18.4. The van der Waals surface area contributed by atoms with E-state index in [4.69, 9.17) is 36.5 Å². The Bertz CT molecular complexity index is 1100. The second-order valence-corrected chi connectivity index (χ2v) is 10.6. The Balaban J connectivity index is 1.36. The maximum atomic E-state index is 9.68. The van der Waals surface area contributed by atoms with Crippen molar-refractivity contribution in [3.63, 3.8) is 0 Å². The van der Waals surface area contributed by atoms with Gasteiger partial charge in [-0.15, -0.1) is 0 Å². The molecule has 1 aromatic rings. The van der Waals surface area contributed by atoms with Gasteiger partial charge >= 0.3 is 0 Å². The molecule has 10 nitrogen and oxygen atoms in total. The lowest BCUT2D eigenvalue weighted by Gasteiger charge is -2.30. The van der Waals surface area contributed by atoms with Crippen LogP contribution in [-0.2, 0) is 14.2 Å². The van der Waals surface area contributed by atoms with Gasteiger partial charge in [-0.3, -0.25) is 10.7 Å². The zero-order valence-corrected chi connectivity index (χ0v) is 22.7. The quantitative estimate of drug-likeness (QED) is 0.289. The van der Waals surface area contributed by atoms with Crippen LogP contribution in [-0.4, -0.2) is 86.9 Å². The summed E-state index contributed by atoms with van der Waals surface area (Å²) >= 11 is 6.50. The molecule has 1 aromatic heterocycles. The van der Waals surface area contributed by atoms with Gasteiger partial charge in [-0.05, 0) is 37.7 Å². The number of pyridine rings is 1. The number of aromatic nitrogens is 1. The van der Waals surface area contributed by atoms with Gasteiger partial charge in [0.05, 0.1) is 35.3 Å². The van der Waals surface area contributed by atoms with Crippen molar-refractivity contribution in [2.45, 2.75) is 56.8 Å². The highest BCUT2D eigenvalue weighted by atomic mass is 35.5. The molecule has 0 radical (unpaired) electrons. The largest absolute Gasteiger partial charge is 0.475 e. The summed E-state index contributed by atoms with van der Waals surface area (Å²) in [5, 5.41) is 10.2. The van der Waals surface area contributed by atoms with Crippen LogP contribution in [0.4, 0.5) is 5.82 Å². The molecule has 2 N–H and O–H groups in total. The summed E-state index contributed by atoms with van der Waals surface area (Å²) in [4.78, 5) is 18.2. The molecule has 0 aromatic carbocycles. The molecular formula is C27H37ClN7O3+. The van der Waals surface area contributed by atoms with Crippen molar-refractivity contribution >= 4 is 42.5 Å². The van der Waals surface area contributed by atoms with Gasteiger partial charge in [0, 0.05) is 51.1 Å². The Hall–Kier alpha value is -2.71. The van der Waals surface area contributed by atoms with Gasteiger partial charge in [0.25, 0.3) is 0 Å². The molecule has 0 amide bonds. The van der Waals surface area contributed by atoms with E-state index in [1.807, 2.05) is 16.9 Å². The molecule has 1 saturated heterocycles. The number of nitrogens with zero attached hydrogens (tertiary/aromatic N) is 6. The van der Waals surface area contributed by atoms with Gasteiger partial charge in [0.15, 0.2) is 11.9 Å². The minimum atomic E-state index is -0.557. The maximum Gasteiger partial charge on any atom is 0.227 e. The molecule has 204 valence electrons. The van der Waals surface area contributed by atoms with Crippen molar-refractivity contribution in [3.8, 4) is 6.07 Å². The molecular weight excluding hydrogens is 506 g/mol. The molecule has 2 fully saturated rings. The van der Waals surface area contributed by atoms with E-state index in [9.17, 15) is 5.26 Å². The normalized spacial score (nSPS) is 25.9. The third kappa shape index (κ3) is 7.23. The standard InChI is InChI=1S/C27H37ClN7O3/c1-35(24(30)16-36-2)20-5-3-19(4-6-20)12-32-25-11-21(22(28)13-33-25)23-14-31-15-26(34-23)38-18-27(17-29)7-9-37-10-8-27/h11-13,15,19-20,23-24H,1,3-10,14,16,18,30H2,2H3/q+1. The van der Waals surface area contributed by atoms with Crippen LogP contribution < -0.4 is 5.73 Å². The minimum Gasteiger partial charge on any atom is -0.475 e. The average Bonchev–Trinajstić information content (AvgIpc) is 2.96. The number of aliphatic imine (C=N–C) groups is 3. The van der Waals surface area contributed by atoms with E-state index < -0.39 is 5.41 Å². The molecule has 38 heavy (non-hydrogen) atoms. The smallest absolute Gasteiger partial charge is 0.227 e. The van der Waals surface area contributed by atoms with Crippen LogP contribution in [0, 0.1) is 22.7 Å². The van der Waals surface area contributed by atoms with Crippen molar-refractivity contribution in [1.82, 2.24) is 4.98 Å². The van der Waals surface area contributed by atoms with Gasteiger partial charge in [0.2, 0.25) is 12.1 Å². The second-order valence-electron chi connectivity index (χ2n) is 10.2. The van der Waals surface area contributed by atoms with Gasteiger partial charge in [-0.2, -0.15) is 5.26 Å². The second kappa shape index (κ2) is 13.4. The number of nitrogens with two attached hydrogens (primary N) is 1. The first-order valence-electron chi connectivity index (χ1n) is 13.2. The fraction of sp³-hybridized carbons (Fsp3) is 0.630. The van der Waals surface area contributed by atoms with Crippen molar-refractivity contribution in [1.29, 1.82) is 5.26 Å². The third-order valence-corrected chi connectivity index (χ3v) is 7.88. The third-order valence-electron chi connectivity index (χ3n) is 7.57. The molecule has 0 spiro atoms.